The minimum atomic E-state index is 0.498. The number of hydrogen-bond donors (Lipinski definition) is 0. The van der Waals surface area contributed by atoms with Gasteiger partial charge in [-0.3, -0.25) is 0 Å². The first kappa shape index (κ1) is 14.7. The molecule has 0 N–H and O–H groups in total. The van der Waals surface area contributed by atoms with Gasteiger partial charge in [0.2, 0.25) is 5.39 Å². The van der Waals surface area contributed by atoms with Crippen LogP contribution in [0.3, 0.4) is 0 Å². The van der Waals surface area contributed by atoms with Crippen molar-refractivity contribution < 1.29 is 0 Å². The molecule has 0 aromatic heterocycles. The van der Waals surface area contributed by atoms with E-state index in [4.69, 9.17) is 5.39 Å². The molecule has 2 aromatic carbocycles. The topological polar surface area (TPSA) is 56.1 Å². The van der Waals surface area contributed by atoms with Crippen LogP contribution in [0.5, 0.6) is 0 Å². The van der Waals surface area contributed by atoms with E-state index < -0.39 is 0 Å². The van der Waals surface area contributed by atoms with Crippen LogP contribution in [0.1, 0.15) is 13.8 Å². The van der Waals surface area contributed by atoms with Crippen LogP contribution >= 0.6 is 0 Å². The molecule has 2 rings (SSSR count). The summed E-state index contributed by atoms with van der Waals surface area (Å²) in [4.78, 5) is 5.37. The Morgan fingerprint density at radius 1 is 0.857 bits per heavy atom. The summed E-state index contributed by atoms with van der Waals surface area (Å²) in [5.41, 5.74) is 3.21. The normalized spacial score (nSPS) is 10.5. The van der Waals surface area contributed by atoms with Crippen molar-refractivity contribution in [1.82, 2.24) is 0 Å². The van der Waals surface area contributed by atoms with E-state index in [0.29, 0.717) is 5.69 Å². The molecule has 0 spiro atoms. The van der Waals surface area contributed by atoms with Crippen molar-refractivity contribution in [3.8, 4) is 0 Å². The highest BCUT2D eigenvalue weighted by atomic mass is 15.1. The molecule has 5 nitrogen and oxygen atoms in total. The Kier molecular flexibility index (Phi) is 4.99. The summed E-state index contributed by atoms with van der Waals surface area (Å²) >= 11 is 0. The Labute approximate surface area is 124 Å². The zero-order valence-electron chi connectivity index (χ0n) is 12.3. The molecule has 0 aliphatic heterocycles. The number of hydrogen-bond acceptors (Lipinski definition) is 4. The van der Waals surface area contributed by atoms with Crippen molar-refractivity contribution in [3.05, 3.63) is 53.5 Å². The summed E-state index contributed by atoms with van der Waals surface area (Å²) in [6, 6.07) is 14.9. The molecule has 0 aliphatic rings. The number of rotatable bonds is 5. The molecule has 0 atom stereocenters. The third-order valence-electron chi connectivity index (χ3n) is 3.22. The molecule has 106 valence electrons. The molecule has 0 radical (unpaired) electrons. The Morgan fingerprint density at radius 3 is 1.76 bits per heavy atom. The highest BCUT2D eigenvalue weighted by Gasteiger charge is 2.02. The van der Waals surface area contributed by atoms with Crippen LogP contribution in [-0.4, -0.2) is 13.1 Å². The van der Waals surface area contributed by atoms with Gasteiger partial charge < -0.3 is 4.90 Å². The average molecular weight is 280 g/mol. The maximum absolute atomic E-state index is 8.61. The molecule has 0 saturated carbocycles. The number of nitrogens with zero attached hydrogens (tertiary/aromatic N) is 5. The molecule has 21 heavy (non-hydrogen) atoms. The van der Waals surface area contributed by atoms with Gasteiger partial charge in [-0.05, 0) is 50.2 Å². The third kappa shape index (κ3) is 3.86. The van der Waals surface area contributed by atoms with Gasteiger partial charge in [0.15, 0.2) is 4.98 Å². The monoisotopic (exact) mass is 280 g/mol. The van der Waals surface area contributed by atoms with Gasteiger partial charge in [0.05, 0.1) is 11.4 Å². The molecule has 0 saturated heterocycles. The van der Waals surface area contributed by atoms with Crippen molar-refractivity contribution in [3.63, 3.8) is 0 Å². The van der Waals surface area contributed by atoms with Crippen LogP contribution in [0, 0.1) is 5.39 Å². The fourth-order valence-electron chi connectivity index (χ4n) is 2.02. The van der Waals surface area contributed by atoms with E-state index in [2.05, 4.69) is 46.1 Å². The van der Waals surface area contributed by atoms with Crippen LogP contribution < -0.4 is 4.90 Å². The fraction of sp³-hybridized carbons (Fsp3) is 0.250. The average Bonchev–Trinajstić information content (AvgIpc) is 2.55. The summed E-state index contributed by atoms with van der Waals surface area (Å²) < 4.78 is 0. The highest BCUT2D eigenvalue weighted by Crippen LogP contribution is 2.23. The van der Waals surface area contributed by atoms with Gasteiger partial charge in [0.1, 0.15) is 0 Å². The molecule has 0 aliphatic carbocycles. The predicted octanol–water partition coefficient (Wildman–Crippen LogP) is 5.43. The van der Waals surface area contributed by atoms with Crippen molar-refractivity contribution >= 4 is 22.7 Å². The minimum absolute atomic E-state index is 0.498. The lowest BCUT2D eigenvalue weighted by Crippen LogP contribution is -2.21. The summed E-state index contributed by atoms with van der Waals surface area (Å²) in [6.07, 6.45) is 0. The molecular formula is C16H18N5+. The van der Waals surface area contributed by atoms with Gasteiger partial charge in [-0.1, -0.05) is 0 Å². The largest absolute Gasteiger partial charge is 0.385 e. The summed E-state index contributed by atoms with van der Waals surface area (Å²) in [6.45, 7) is 6.25. The molecule has 2 aromatic rings. The number of azo groups is 1. The van der Waals surface area contributed by atoms with Crippen molar-refractivity contribution in [2.75, 3.05) is 18.0 Å². The second kappa shape index (κ2) is 7.15. The van der Waals surface area contributed by atoms with Crippen molar-refractivity contribution in [1.29, 1.82) is 5.39 Å². The van der Waals surface area contributed by atoms with Gasteiger partial charge in [0.25, 0.3) is 0 Å². The van der Waals surface area contributed by atoms with Gasteiger partial charge in [-0.2, -0.15) is 10.2 Å². The number of benzene rings is 2. The Hall–Kier alpha value is -2.74. The van der Waals surface area contributed by atoms with E-state index in [1.54, 1.807) is 24.3 Å². The maximum atomic E-state index is 8.61. The summed E-state index contributed by atoms with van der Waals surface area (Å²) in [7, 11) is 0. The first-order chi connectivity index (χ1) is 10.3. The van der Waals surface area contributed by atoms with E-state index in [9.17, 15) is 0 Å². The lowest BCUT2D eigenvalue weighted by Gasteiger charge is -2.20. The van der Waals surface area contributed by atoms with Crippen LogP contribution in [-0.2, 0) is 0 Å². The predicted molar refractivity (Wildman–Crippen MR) is 85.4 cm³/mol. The highest BCUT2D eigenvalue weighted by molar-refractivity contribution is 5.53. The minimum Gasteiger partial charge on any atom is -0.372 e. The van der Waals surface area contributed by atoms with Gasteiger partial charge in [0, 0.05) is 30.9 Å². The van der Waals surface area contributed by atoms with Crippen LogP contribution in [0.25, 0.3) is 4.98 Å². The Morgan fingerprint density at radius 2 is 1.33 bits per heavy atom. The Balaban J connectivity index is 2.08. The zero-order valence-corrected chi connectivity index (χ0v) is 12.3. The molecule has 0 amide bonds. The molecule has 0 bridgehead atoms. The molecular weight excluding hydrogens is 262 g/mol. The molecule has 0 unspecified atom stereocenters. The van der Waals surface area contributed by atoms with E-state index in [1.165, 1.54) is 5.69 Å². The molecule has 0 fully saturated rings. The smallest absolute Gasteiger partial charge is 0.372 e. The summed E-state index contributed by atoms with van der Waals surface area (Å²) in [5.74, 6) is 0. The van der Waals surface area contributed by atoms with Crippen LogP contribution in [0.15, 0.2) is 58.8 Å². The first-order valence-corrected chi connectivity index (χ1v) is 6.98. The second-order valence-electron chi connectivity index (χ2n) is 4.51. The van der Waals surface area contributed by atoms with E-state index in [0.717, 1.165) is 24.5 Å². The summed E-state index contributed by atoms with van der Waals surface area (Å²) in [5, 5.41) is 17.0. The lowest BCUT2D eigenvalue weighted by molar-refractivity contribution is 0.866. The third-order valence-corrected chi connectivity index (χ3v) is 3.22. The second-order valence-corrected chi connectivity index (χ2v) is 4.51. The maximum Gasteiger partial charge on any atom is 0.385 e. The number of diazo groups is 1. The SMILES string of the molecule is CCN(CC)c1ccc(N=Nc2ccc([N+]#N)cc2)cc1. The van der Waals surface area contributed by atoms with Crippen LogP contribution in [0.2, 0.25) is 0 Å². The quantitative estimate of drug-likeness (QED) is 0.541. The van der Waals surface area contributed by atoms with Crippen molar-refractivity contribution in [2.45, 2.75) is 13.8 Å². The molecule has 0 heterocycles. The van der Waals surface area contributed by atoms with Gasteiger partial charge in [-0.15, -0.1) is 0 Å². The fourth-order valence-corrected chi connectivity index (χ4v) is 2.02. The first-order valence-electron chi connectivity index (χ1n) is 6.98. The molecule has 5 heteroatoms. The standard InChI is InChI=1S/C16H18N5/c1-3-21(4-2)16-11-9-15(10-12-16)20-19-14-7-5-13(18-17)6-8-14/h5-12H,3-4H2,1-2H3/q+1. The van der Waals surface area contributed by atoms with Crippen LogP contribution in [0.4, 0.5) is 22.7 Å². The number of anilines is 1. The Bertz CT molecular complexity index is 634. The van der Waals surface area contributed by atoms with E-state index >= 15 is 0 Å². The zero-order chi connectivity index (χ0) is 15.1. The van der Waals surface area contributed by atoms with E-state index in [1.807, 2.05) is 12.1 Å². The van der Waals surface area contributed by atoms with E-state index in [-0.39, 0.29) is 0 Å². The van der Waals surface area contributed by atoms with Gasteiger partial charge in [-0.25, -0.2) is 0 Å². The lowest BCUT2D eigenvalue weighted by atomic mass is 10.2. The van der Waals surface area contributed by atoms with Crippen molar-refractivity contribution in [2.24, 2.45) is 10.2 Å². The van der Waals surface area contributed by atoms with Gasteiger partial charge >= 0.3 is 5.69 Å².